The van der Waals surface area contributed by atoms with Crippen LogP contribution >= 0.6 is 0 Å². The van der Waals surface area contributed by atoms with Crippen LogP contribution in [0.5, 0.6) is 0 Å². The molecule has 1 unspecified atom stereocenters. The van der Waals surface area contributed by atoms with E-state index in [1.807, 2.05) is 0 Å². The highest BCUT2D eigenvalue weighted by molar-refractivity contribution is 5.80. The first-order valence-electron chi connectivity index (χ1n) is 7.60. The topological polar surface area (TPSA) is 52.6 Å². The molecular formula is C15H28N2O2. The highest BCUT2D eigenvalue weighted by Gasteiger charge is 2.51. The predicted molar refractivity (Wildman–Crippen MR) is 76.2 cm³/mol. The molecule has 0 spiro atoms. The average molecular weight is 268 g/mol. The first-order chi connectivity index (χ1) is 8.96. The van der Waals surface area contributed by atoms with Crippen molar-refractivity contribution in [3.8, 4) is 0 Å². The average Bonchev–Trinajstić information content (AvgIpc) is 3.23. The van der Waals surface area contributed by atoms with Crippen molar-refractivity contribution < 1.29 is 9.90 Å². The second kappa shape index (κ2) is 5.41. The molecule has 1 aliphatic carbocycles. The van der Waals surface area contributed by atoms with Crippen molar-refractivity contribution in [1.82, 2.24) is 10.2 Å². The van der Waals surface area contributed by atoms with E-state index in [9.17, 15) is 9.90 Å². The third-order valence-electron chi connectivity index (χ3n) is 5.49. The lowest BCUT2D eigenvalue weighted by atomic mass is 9.78. The molecule has 1 saturated heterocycles. The van der Waals surface area contributed by atoms with Gasteiger partial charge in [-0.3, -0.25) is 4.79 Å². The van der Waals surface area contributed by atoms with Gasteiger partial charge in [0, 0.05) is 6.54 Å². The zero-order valence-electron chi connectivity index (χ0n) is 12.5. The third-order valence-corrected chi connectivity index (χ3v) is 5.49. The molecule has 1 saturated carbocycles. The van der Waals surface area contributed by atoms with Gasteiger partial charge in [-0.25, -0.2) is 0 Å². The molecule has 0 aromatic carbocycles. The number of carboxylic acid groups (broad SMARTS) is 1. The van der Waals surface area contributed by atoms with E-state index in [1.165, 1.54) is 19.3 Å². The molecule has 1 atom stereocenters. The third kappa shape index (κ3) is 2.95. The Kier molecular flexibility index (Phi) is 4.21. The van der Waals surface area contributed by atoms with Gasteiger partial charge in [0.1, 0.15) is 5.54 Å². The zero-order chi connectivity index (χ0) is 14.1. The second-order valence-electron chi connectivity index (χ2n) is 6.74. The molecule has 4 nitrogen and oxygen atoms in total. The summed E-state index contributed by atoms with van der Waals surface area (Å²) >= 11 is 0. The highest BCUT2D eigenvalue weighted by atomic mass is 16.4. The van der Waals surface area contributed by atoms with Crippen LogP contribution in [0.15, 0.2) is 0 Å². The van der Waals surface area contributed by atoms with Crippen LogP contribution in [-0.2, 0) is 4.79 Å². The molecule has 2 fully saturated rings. The van der Waals surface area contributed by atoms with Crippen LogP contribution in [0.4, 0.5) is 0 Å². The first-order valence-corrected chi connectivity index (χ1v) is 7.60. The van der Waals surface area contributed by atoms with Crippen LogP contribution < -0.4 is 5.32 Å². The SMILES string of the molecule is CCC1(C)CCN(CC(NC)(C(=O)O)C2CC2)CC1. The lowest BCUT2D eigenvalue weighted by Crippen LogP contribution is -2.60. The second-order valence-corrected chi connectivity index (χ2v) is 6.74. The number of rotatable bonds is 6. The van der Waals surface area contributed by atoms with Gasteiger partial charge < -0.3 is 15.3 Å². The predicted octanol–water partition coefficient (Wildman–Crippen LogP) is 1.95. The van der Waals surface area contributed by atoms with Crippen molar-refractivity contribution in [3.05, 3.63) is 0 Å². The number of carbonyl (C=O) groups is 1. The van der Waals surface area contributed by atoms with E-state index in [4.69, 9.17) is 0 Å². The quantitative estimate of drug-likeness (QED) is 0.773. The maximum absolute atomic E-state index is 11.7. The van der Waals surface area contributed by atoms with Crippen LogP contribution in [0.2, 0.25) is 0 Å². The molecule has 0 bridgehead atoms. The molecule has 2 rings (SSSR count). The van der Waals surface area contributed by atoms with Crippen molar-refractivity contribution in [2.45, 2.75) is 51.5 Å². The first kappa shape index (κ1) is 14.8. The summed E-state index contributed by atoms with van der Waals surface area (Å²) in [6.07, 6.45) is 5.70. The van der Waals surface area contributed by atoms with E-state index in [1.54, 1.807) is 7.05 Å². The smallest absolute Gasteiger partial charge is 0.325 e. The van der Waals surface area contributed by atoms with Crippen molar-refractivity contribution in [2.24, 2.45) is 11.3 Å². The van der Waals surface area contributed by atoms with Gasteiger partial charge in [0.25, 0.3) is 0 Å². The molecule has 2 aliphatic rings. The van der Waals surface area contributed by atoms with Gasteiger partial charge in [0.2, 0.25) is 0 Å². The molecule has 110 valence electrons. The lowest BCUT2D eigenvalue weighted by molar-refractivity contribution is -0.147. The van der Waals surface area contributed by atoms with E-state index >= 15 is 0 Å². The van der Waals surface area contributed by atoms with Crippen LogP contribution in [0.1, 0.15) is 46.0 Å². The molecule has 0 radical (unpaired) electrons. The molecule has 0 aromatic heterocycles. The number of aliphatic carboxylic acids is 1. The number of piperidine rings is 1. The summed E-state index contributed by atoms with van der Waals surface area (Å²) < 4.78 is 0. The van der Waals surface area contributed by atoms with Gasteiger partial charge in [0.05, 0.1) is 0 Å². The van der Waals surface area contributed by atoms with Crippen LogP contribution in [0.3, 0.4) is 0 Å². The fourth-order valence-electron chi connectivity index (χ4n) is 3.29. The minimum absolute atomic E-state index is 0.314. The van der Waals surface area contributed by atoms with Gasteiger partial charge >= 0.3 is 5.97 Å². The minimum atomic E-state index is -0.722. The Hall–Kier alpha value is -0.610. The Balaban J connectivity index is 1.98. The molecule has 1 aliphatic heterocycles. The van der Waals surface area contributed by atoms with Gasteiger partial charge in [-0.2, -0.15) is 0 Å². The summed E-state index contributed by atoms with van der Waals surface area (Å²) in [5.41, 5.74) is -0.262. The summed E-state index contributed by atoms with van der Waals surface area (Å²) in [6, 6.07) is 0. The van der Waals surface area contributed by atoms with Crippen LogP contribution in [0, 0.1) is 11.3 Å². The van der Waals surface area contributed by atoms with Gasteiger partial charge in [-0.15, -0.1) is 0 Å². The molecular weight excluding hydrogens is 240 g/mol. The maximum atomic E-state index is 11.7. The lowest BCUT2D eigenvalue weighted by Gasteiger charge is -2.42. The number of hydrogen-bond donors (Lipinski definition) is 2. The monoisotopic (exact) mass is 268 g/mol. The molecule has 2 N–H and O–H groups in total. The molecule has 0 amide bonds. The molecule has 0 aromatic rings. The summed E-state index contributed by atoms with van der Waals surface area (Å²) in [5.74, 6) is -0.365. The fraction of sp³-hybridized carbons (Fsp3) is 0.933. The summed E-state index contributed by atoms with van der Waals surface area (Å²) in [5, 5.41) is 12.7. The van der Waals surface area contributed by atoms with Gasteiger partial charge in [0.15, 0.2) is 0 Å². The van der Waals surface area contributed by atoms with Crippen molar-refractivity contribution in [3.63, 3.8) is 0 Å². The van der Waals surface area contributed by atoms with Gasteiger partial charge in [-0.1, -0.05) is 20.3 Å². The van der Waals surface area contributed by atoms with E-state index in [0.717, 1.165) is 25.9 Å². The van der Waals surface area contributed by atoms with Crippen LogP contribution in [-0.4, -0.2) is 48.2 Å². The van der Waals surface area contributed by atoms with E-state index < -0.39 is 11.5 Å². The zero-order valence-corrected chi connectivity index (χ0v) is 12.5. The summed E-state index contributed by atoms with van der Waals surface area (Å²) in [6.45, 7) is 7.34. The largest absolute Gasteiger partial charge is 0.480 e. The number of likely N-dealkylation sites (N-methyl/N-ethyl adjacent to an activating group) is 1. The van der Waals surface area contributed by atoms with E-state index in [-0.39, 0.29) is 0 Å². The molecule has 1 heterocycles. The maximum Gasteiger partial charge on any atom is 0.325 e. The van der Waals surface area contributed by atoms with E-state index in [2.05, 4.69) is 24.1 Å². The van der Waals surface area contributed by atoms with Crippen LogP contribution in [0.25, 0.3) is 0 Å². The Bertz CT molecular complexity index is 333. The Morgan fingerprint density at radius 2 is 2.00 bits per heavy atom. The number of nitrogens with one attached hydrogen (secondary N) is 1. The Morgan fingerprint density at radius 1 is 1.42 bits per heavy atom. The van der Waals surface area contributed by atoms with Gasteiger partial charge in [-0.05, 0) is 57.2 Å². The molecule has 4 heteroatoms. The van der Waals surface area contributed by atoms with Crippen molar-refractivity contribution in [2.75, 3.05) is 26.7 Å². The number of nitrogens with zero attached hydrogens (tertiary/aromatic N) is 1. The molecule has 19 heavy (non-hydrogen) atoms. The van der Waals surface area contributed by atoms with Crippen molar-refractivity contribution >= 4 is 5.97 Å². The highest BCUT2D eigenvalue weighted by Crippen LogP contribution is 2.41. The van der Waals surface area contributed by atoms with E-state index in [0.29, 0.717) is 17.9 Å². The standard InChI is InChI=1S/C15H28N2O2/c1-4-14(2)7-9-17(10-8-14)11-15(16-3,13(18)19)12-5-6-12/h12,16H,4-11H2,1-3H3,(H,18,19). The Morgan fingerprint density at radius 3 is 2.37 bits per heavy atom. The fourth-order valence-corrected chi connectivity index (χ4v) is 3.29. The number of carboxylic acids is 1. The summed E-state index contributed by atoms with van der Waals surface area (Å²) in [4.78, 5) is 14.0. The van der Waals surface area contributed by atoms with Crippen molar-refractivity contribution in [1.29, 1.82) is 0 Å². The number of likely N-dealkylation sites (tertiary alicyclic amines) is 1. The normalized spacial score (nSPS) is 26.9. The summed E-state index contributed by atoms with van der Waals surface area (Å²) in [7, 11) is 1.80. The Labute approximate surface area is 116 Å². The number of hydrogen-bond acceptors (Lipinski definition) is 3. The minimum Gasteiger partial charge on any atom is -0.480 e.